The third-order valence-corrected chi connectivity index (χ3v) is 3.18. The fraction of sp³-hybridized carbons (Fsp3) is 0.133. The molecule has 2 nitrogen and oxygen atoms in total. The molecule has 4 heteroatoms. The van der Waals surface area contributed by atoms with E-state index in [2.05, 4.69) is 0 Å². The van der Waals surface area contributed by atoms with Gasteiger partial charge < -0.3 is 9.53 Å². The third-order valence-electron chi connectivity index (χ3n) is 2.68. The van der Waals surface area contributed by atoms with Crippen LogP contribution in [0.1, 0.15) is 17.2 Å². The van der Waals surface area contributed by atoms with Crippen LogP contribution in [0, 0.1) is 0 Å². The van der Waals surface area contributed by atoms with Crippen molar-refractivity contribution in [3.05, 3.63) is 69.7 Å². The number of ether oxygens (including phenoxy) is 1. The smallest absolute Gasteiger partial charge is 0.145 e. The van der Waals surface area contributed by atoms with E-state index >= 15 is 0 Å². The molecule has 0 spiro atoms. The molecule has 19 heavy (non-hydrogen) atoms. The number of aldehydes is 1. The van der Waals surface area contributed by atoms with Gasteiger partial charge >= 0.3 is 0 Å². The minimum atomic E-state index is -0.306. The quantitative estimate of drug-likeness (QED) is 0.769. The second kappa shape index (κ2) is 6.71. The lowest BCUT2D eigenvalue weighted by atomic mass is 10.0. The van der Waals surface area contributed by atoms with E-state index in [0.717, 1.165) is 17.4 Å². The van der Waals surface area contributed by atoms with Gasteiger partial charge in [0.2, 0.25) is 0 Å². The zero-order valence-corrected chi connectivity index (χ0v) is 11.6. The summed E-state index contributed by atoms with van der Waals surface area (Å²) < 4.78 is 5.59. The lowest BCUT2D eigenvalue weighted by Gasteiger charge is -2.17. The van der Waals surface area contributed by atoms with Crippen molar-refractivity contribution in [3.63, 3.8) is 0 Å². The van der Waals surface area contributed by atoms with Crippen LogP contribution in [0.4, 0.5) is 0 Å². The van der Waals surface area contributed by atoms with Gasteiger partial charge in [0, 0.05) is 10.0 Å². The molecule has 0 aliphatic heterocycles. The van der Waals surface area contributed by atoms with Crippen molar-refractivity contribution in [1.29, 1.82) is 0 Å². The summed E-state index contributed by atoms with van der Waals surface area (Å²) in [5, 5.41) is 1.32. The molecule has 98 valence electrons. The van der Waals surface area contributed by atoms with Crippen molar-refractivity contribution in [1.82, 2.24) is 0 Å². The van der Waals surface area contributed by atoms with Gasteiger partial charge in [0.25, 0.3) is 0 Å². The maximum absolute atomic E-state index is 10.5. The first kappa shape index (κ1) is 14.1. The maximum Gasteiger partial charge on any atom is 0.145 e. The van der Waals surface area contributed by atoms with Crippen LogP contribution in [0.5, 0.6) is 0 Å². The van der Waals surface area contributed by atoms with Gasteiger partial charge in [0.1, 0.15) is 19.0 Å². The van der Waals surface area contributed by atoms with Gasteiger partial charge in [-0.1, -0.05) is 47.5 Å². The van der Waals surface area contributed by atoms with E-state index in [4.69, 9.17) is 27.9 Å². The van der Waals surface area contributed by atoms with Crippen molar-refractivity contribution in [3.8, 4) is 0 Å². The van der Waals surface area contributed by atoms with E-state index in [9.17, 15) is 4.79 Å². The predicted molar refractivity (Wildman–Crippen MR) is 76.8 cm³/mol. The number of hydrogen-bond acceptors (Lipinski definition) is 2. The zero-order chi connectivity index (χ0) is 13.7. The average Bonchev–Trinajstić information content (AvgIpc) is 2.43. The van der Waals surface area contributed by atoms with Crippen molar-refractivity contribution in [2.24, 2.45) is 0 Å². The van der Waals surface area contributed by atoms with Crippen LogP contribution in [0.15, 0.2) is 48.5 Å². The molecule has 0 aliphatic carbocycles. The van der Waals surface area contributed by atoms with E-state index in [-0.39, 0.29) is 12.7 Å². The van der Waals surface area contributed by atoms with Crippen molar-refractivity contribution >= 4 is 29.5 Å². The first-order chi connectivity index (χ1) is 9.20. The molecule has 0 radical (unpaired) electrons. The highest BCUT2D eigenvalue weighted by Crippen LogP contribution is 2.27. The Morgan fingerprint density at radius 1 is 0.895 bits per heavy atom. The largest absolute Gasteiger partial charge is 0.361 e. The van der Waals surface area contributed by atoms with E-state index < -0.39 is 0 Å². The molecule has 0 amide bonds. The molecule has 0 saturated carbocycles. The molecular formula is C15H12Cl2O2. The van der Waals surface area contributed by atoms with Gasteiger partial charge in [-0.25, -0.2) is 0 Å². The lowest BCUT2D eigenvalue weighted by molar-refractivity contribution is -0.113. The standard InChI is InChI=1S/C15H12Cl2O2/c16-13-5-1-11(2-6-13)15(19-10-9-18)12-3-7-14(17)8-4-12/h1-9,15H,10H2. The lowest BCUT2D eigenvalue weighted by Crippen LogP contribution is -2.08. The summed E-state index contributed by atoms with van der Waals surface area (Å²) in [6.07, 6.45) is 0.429. The van der Waals surface area contributed by atoms with Crippen LogP contribution in [0.3, 0.4) is 0 Å². The van der Waals surface area contributed by atoms with E-state index in [1.165, 1.54) is 0 Å². The molecule has 0 fully saturated rings. The first-order valence-electron chi connectivity index (χ1n) is 5.77. The molecular weight excluding hydrogens is 283 g/mol. The summed E-state index contributed by atoms with van der Waals surface area (Å²) in [4.78, 5) is 10.5. The molecule has 0 N–H and O–H groups in total. The molecule has 2 aromatic carbocycles. The zero-order valence-electron chi connectivity index (χ0n) is 10.1. The predicted octanol–water partition coefficient (Wildman–Crippen LogP) is 4.30. The average molecular weight is 295 g/mol. The molecule has 0 aliphatic rings. The summed E-state index contributed by atoms with van der Waals surface area (Å²) in [5.74, 6) is 0. The van der Waals surface area contributed by atoms with Crippen LogP contribution in [0.25, 0.3) is 0 Å². The van der Waals surface area contributed by atoms with Crippen LogP contribution < -0.4 is 0 Å². The highest BCUT2D eigenvalue weighted by molar-refractivity contribution is 6.30. The first-order valence-corrected chi connectivity index (χ1v) is 6.52. The van der Waals surface area contributed by atoms with Gasteiger partial charge in [0.05, 0.1) is 0 Å². The normalized spacial score (nSPS) is 10.7. The summed E-state index contributed by atoms with van der Waals surface area (Å²) in [5.41, 5.74) is 1.88. The Labute approximate surface area is 121 Å². The Kier molecular flexibility index (Phi) is 4.97. The minimum absolute atomic E-state index is 0.0376. The molecule has 0 unspecified atom stereocenters. The summed E-state index contributed by atoms with van der Waals surface area (Å²) in [7, 11) is 0. The van der Waals surface area contributed by atoms with Crippen molar-refractivity contribution in [2.75, 3.05) is 6.61 Å². The number of carbonyl (C=O) groups excluding carboxylic acids is 1. The van der Waals surface area contributed by atoms with E-state index in [0.29, 0.717) is 10.0 Å². The van der Waals surface area contributed by atoms with Crippen LogP contribution >= 0.6 is 23.2 Å². The Balaban J connectivity index is 2.31. The Morgan fingerprint density at radius 3 is 1.68 bits per heavy atom. The Morgan fingerprint density at radius 2 is 1.32 bits per heavy atom. The summed E-state index contributed by atoms with van der Waals surface area (Å²) >= 11 is 11.7. The van der Waals surface area contributed by atoms with Crippen LogP contribution in [0.2, 0.25) is 10.0 Å². The molecule has 0 aromatic heterocycles. The molecule has 2 aromatic rings. The highest BCUT2D eigenvalue weighted by Gasteiger charge is 2.14. The van der Waals surface area contributed by atoms with Crippen LogP contribution in [-0.4, -0.2) is 12.9 Å². The fourth-order valence-electron chi connectivity index (χ4n) is 1.80. The second-order valence-corrected chi connectivity index (χ2v) is 4.86. The number of hydrogen-bond donors (Lipinski definition) is 0. The van der Waals surface area contributed by atoms with E-state index in [1.807, 2.05) is 24.3 Å². The molecule has 0 atom stereocenters. The van der Waals surface area contributed by atoms with Crippen molar-refractivity contribution in [2.45, 2.75) is 6.10 Å². The highest BCUT2D eigenvalue weighted by atomic mass is 35.5. The minimum Gasteiger partial charge on any atom is -0.361 e. The van der Waals surface area contributed by atoms with Gasteiger partial charge in [-0.05, 0) is 35.4 Å². The van der Waals surface area contributed by atoms with Crippen molar-refractivity contribution < 1.29 is 9.53 Å². The summed E-state index contributed by atoms with van der Waals surface area (Å²) in [6.45, 7) is 0.0376. The van der Waals surface area contributed by atoms with Gasteiger partial charge in [0.15, 0.2) is 0 Å². The molecule has 0 saturated heterocycles. The summed E-state index contributed by atoms with van der Waals surface area (Å²) in [6, 6.07) is 14.7. The molecule has 0 heterocycles. The number of rotatable bonds is 5. The fourth-order valence-corrected chi connectivity index (χ4v) is 2.05. The van der Waals surface area contributed by atoms with Crippen LogP contribution in [-0.2, 0) is 9.53 Å². The second-order valence-electron chi connectivity index (χ2n) is 3.98. The number of halogens is 2. The topological polar surface area (TPSA) is 26.3 Å². The van der Waals surface area contributed by atoms with E-state index in [1.54, 1.807) is 24.3 Å². The van der Waals surface area contributed by atoms with Gasteiger partial charge in [-0.2, -0.15) is 0 Å². The molecule has 2 rings (SSSR count). The Bertz CT molecular complexity index is 490. The third kappa shape index (κ3) is 3.80. The molecule has 0 bridgehead atoms. The number of carbonyl (C=O) groups is 1. The number of benzene rings is 2. The maximum atomic E-state index is 10.5. The van der Waals surface area contributed by atoms with Gasteiger partial charge in [-0.15, -0.1) is 0 Å². The Hall–Kier alpha value is -1.35. The van der Waals surface area contributed by atoms with Gasteiger partial charge in [-0.3, -0.25) is 0 Å². The monoisotopic (exact) mass is 294 g/mol. The SMILES string of the molecule is O=CCOC(c1ccc(Cl)cc1)c1ccc(Cl)cc1.